The molecule has 1 fully saturated rings. The van der Waals surface area contributed by atoms with Crippen LogP contribution in [0.2, 0.25) is 0 Å². The highest BCUT2D eigenvalue weighted by Gasteiger charge is 2.55. The summed E-state index contributed by atoms with van der Waals surface area (Å²) >= 11 is 0. The molecule has 4 atom stereocenters. The van der Waals surface area contributed by atoms with Crippen molar-refractivity contribution in [1.29, 1.82) is 0 Å². The minimum absolute atomic E-state index is 0.0802. The molecule has 3 rings (SSSR count). The van der Waals surface area contributed by atoms with Crippen molar-refractivity contribution in [2.45, 2.75) is 47.6 Å². The first-order valence-electron chi connectivity index (χ1n) is 8.81. The Labute approximate surface area is 169 Å². The van der Waals surface area contributed by atoms with Crippen LogP contribution in [0.1, 0.15) is 13.8 Å². The Morgan fingerprint density at radius 3 is 1.93 bits per heavy atom. The Hall–Kier alpha value is -1.85. The van der Waals surface area contributed by atoms with Crippen LogP contribution in [0, 0.1) is 0 Å². The molecule has 29 heavy (non-hydrogen) atoms. The predicted molar refractivity (Wildman–Crippen MR) is 102 cm³/mol. The van der Waals surface area contributed by atoms with E-state index in [9.17, 15) is 16.8 Å². The molecule has 0 aliphatic carbocycles. The Morgan fingerprint density at radius 1 is 0.931 bits per heavy atom. The molecular weight excluding hydrogens is 423 g/mol. The zero-order chi connectivity index (χ0) is 21.3. The quantitative estimate of drug-likeness (QED) is 0.606. The van der Waals surface area contributed by atoms with Gasteiger partial charge in [0, 0.05) is 0 Å². The van der Waals surface area contributed by atoms with Gasteiger partial charge in [-0.1, -0.05) is 36.4 Å². The van der Waals surface area contributed by atoms with E-state index in [1.54, 1.807) is 12.1 Å². The molecule has 2 aromatic rings. The van der Waals surface area contributed by atoms with E-state index in [2.05, 4.69) is 0 Å². The van der Waals surface area contributed by atoms with Gasteiger partial charge in [0.1, 0.15) is 12.2 Å². The first kappa shape index (κ1) is 21.8. The van der Waals surface area contributed by atoms with Gasteiger partial charge in [-0.15, -0.1) is 0 Å². The van der Waals surface area contributed by atoms with E-state index in [0.717, 1.165) is 6.92 Å². The predicted octanol–water partition coefficient (Wildman–Crippen LogP) is 2.68. The third-order valence-electron chi connectivity index (χ3n) is 4.75. The molecule has 1 heterocycles. The monoisotopic (exact) mass is 444 g/mol. The molecule has 10 heteroatoms. The average Bonchev–Trinajstić information content (AvgIpc) is 2.90. The zero-order valence-corrected chi connectivity index (χ0v) is 17.4. The van der Waals surface area contributed by atoms with Gasteiger partial charge in [-0.25, -0.2) is 4.39 Å². The number of ether oxygens (including phenoxy) is 1. The maximum absolute atomic E-state index is 15.2. The second kappa shape index (κ2) is 8.11. The molecule has 0 saturated carbocycles. The number of benzene rings is 2. The molecule has 0 spiro atoms. The number of halogens is 1. The lowest BCUT2D eigenvalue weighted by Crippen LogP contribution is -2.44. The molecule has 0 bridgehead atoms. The Bertz CT molecular complexity index is 1040. The summed E-state index contributed by atoms with van der Waals surface area (Å²) < 4.78 is 80.5. The number of hydrogen-bond acceptors (Lipinski definition) is 7. The lowest BCUT2D eigenvalue weighted by molar-refractivity contribution is -0.00356. The van der Waals surface area contributed by atoms with E-state index in [4.69, 9.17) is 13.1 Å². The van der Waals surface area contributed by atoms with Gasteiger partial charge in [0.2, 0.25) is 0 Å². The smallest absolute Gasteiger partial charge is 0.297 e. The van der Waals surface area contributed by atoms with Gasteiger partial charge >= 0.3 is 0 Å². The fourth-order valence-electron chi connectivity index (χ4n) is 2.94. The molecule has 1 aliphatic heterocycles. The van der Waals surface area contributed by atoms with Crippen LogP contribution in [-0.4, -0.2) is 47.4 Å². The highest BCUT2D eigenvalue weighted by Crippen LogP contribution is 2.38. The highest BCUT2D eigenvalue weighted by molar-refractivity contribution is 7.87. The molecule has 2 aromatic carbocycles. The van der Waals surface area contributed by atoms with Crippen molar-refractivity contribution >= 4 is 20.2 Å². The average molecular weight is 445 g/mol. The van der Waals surface area contributed by atoms with E-state index in [1.165, 1.54) is 55.5 Å². The highest BCUT2D eigenvalue weighted by atomic mass is 32.2. The maximum Gasteiger partial charge on any atom is 0.297 e. The van der Waals surface area contributed by atoms with Crippen LogP contribution in [0.15, 0.2) is 70.5 Å². The van der Waals surface area contributed by atoms with E-state index in [-0.39, 0.29) is 9.79 Å². The van der Waals surface area contributed by atoms with Gasteiger partial charge in [0.25, 0.3) is 20.2 Å². The summed E-state index contributed by atoms with van der Waals surface area (Å²) in [5, 5.41) is 0. The lowest BCUT2D eigenvalue weighted by Gasteiger charge is -2.25. The van der Waals surface area contributed by atoms with Crippen LogP contribution in [0.5, 0.6) is 0 Å². The summed E-state index contributed by atoms with van der Waals surface area (Å²) in [6.07, 6.45) is -3.88. The number of alkyl halides is 1. The Morgan fingerprint density at radius 2 is 1.41 bits per heavy atom. The first-order chi connectivity index (χ1) is 13.5. The van der Waals surface area contributed by atoms with Gasteiger partial charge in [-0.05, 0) is 38.1 Å². The van der Waals surface area contributed by atoms with Gasteiger partial charge in [0.15, 0.2) is 5.67 Å². The van der Waals surface area contributed by atoms with Crippen LogP contribution in [0.4, 0.5) is 4.39 Å². The van der Waals surface area contributed by atoms with Crippen LogP contribution in [-0.2, 0) is 33.3 Å². The van der Waals surface area contributed by atoms with Gasteiger partial charge in [-0.2, -0.15) is 16.8 Å². The summed E-state index contributed by atoms with van der Waals surface area (Å²) in [7, 11) is -8.43. The van der Waals surface area contributed by atoms with E-state index >= 15 is 4.39 Å². The molecule has 0 unspecified atom stereocenters. The van der Waals surface area contributed by atoms with Crippen LogP contribution in [0.25, 0.3) is 0 Å². The largest absolute Gasteiger partial charge is 0.366 e. The minimum atomic E-state index is -4.30. The van der Waals surface area contributed by atoms with E-state index < -0.39 is 50.8 Å². The van der Waals surface area contributed by atoms with Crippen molar-refractivity contribution in [1.82, 2.24) is 0 Å². The Kier molecular flexibility index (Phi) is 6.11. The lowest BCUT2D eigenvalue weighted by atomic mass is 9.96. The summed E-state index contributed by atoms with van der Waals surface area (Å²) in [5.74, 6) is 0. The van der Waals surface area contributed by atoms with Crippen molar-refractivity contribution in [3.8, 4) is 0 Å². The van der Waals surface area contributed by atoms with Crippen LogP contribution in [0.3, 0.4) is 0 Å². The van der Waals surface area contributed by atoms with Gasteiger partial charge < -0.3 is 4.74 Å². The molecule has 0 N–H and O–H groups in total. The number of rotatable bonds is 7. The molecule has 1 saturated heterocycles. The van der Waals surface area contributed by atoms with Crippen molar-refractivity contribution in [3.63, 3.8) is 0 Å². The molecule has 7 nitrogen and oxygen atoms in total. The van der Waals surface area contributed by atoms with Crippen molar-refractivity contribution < 1.29 is 34.3 Å². The maximum atomic E-state index is 15.2. The fourth-order valence-corrected chi connectivity index (χ4v) is 5.06. The van der Waals surface area contributed by atoms with Gasteiger partial charge in [0.05, 0.1) is 22.5 Å². The molecule has 1 aliphatic rings. The molecule has 158 valence electrons. The standard InChI is InChI=1S/C19H21FO7S2/c1-14-19(2,20)18(27-29(23,24)16-11-7-4-8-12-16)17(26-14)13-25-28(21,22)15-9-5-3-6-10-15/h3-12,14,17-18H,13H2,1-2H3/t14-,17+,18+,19-/m0/s1. The summed E-state index contributed by atoms with van der Waals surface area (Å²) in [6, 6.07) is 14.7. The minimum Gasteiger partial charge on any atom is -0.366 e. The third kappa shape index (κ3) is 4.67. The van der Waals surface area contributed by atoms with Crippen LogP contribution < -0.4 is 0 Å². The van der Waals surface area contributed by atoms with Crippen molar-refractivity contribution in [2.24, 2.45) is 0 Å². The molecule has 0 amide bonds. The molecular formula is C19H21FO7S2. The van der Waals surface area contributed by atoms with Crippen molar-refractivity contribution in [3.05, 3.63) is 60.7 Å². The first-order valence-corrected chi connectivity index (χ1v) is 11.6. The molecule has 0 radical (unpaired) electrons. The van der Waals surface area contributed by atoms with Crippen LogP contribution >= 0.6 is 0 Å². The normalized spacial score (nSPS) is 27.8. The second-order valence-electron chi connectivity index (χ2n) is 6.80. The summed E-state index contributed by atoms with van der Waals surface area (Å²) in [6.45, 7) is 1.96. The van der Waals surface area contributed by atoms with Gasteiger partial charge in [-0.3, -0.25) is 8.37 Å². The zero-order valence-electron chi connectivity index (χ0n) is 15.8. The molecule has 0 aromatic heterocycles. The second-order valence-corrected chi connectivity index (χ2v) is 9.99. The fraction of sp³-hybridized carbons (Fsp3) is 0.368. The number of hydrogen-bond donors (Lipinski definition) is 0. The third-order valence-corrected chi connectivity index (χ3v) is 7.36. The Balaban J connectivity index is 1.81. The summed E-state index contributed by atoms with van der Waals surface area (Å²) in [4.78, 5) is -0.227. The summed E-state index contributed by atoms with van der Waals surface area (Å²) in [5.41, 5.74) is -2.19. The van der Waals surface area contributed by atoms with E-state index in [1.807, 2.05) is 0 Å². The topological polar surface area (TPSA) is 96.0 Å². The SMILES string of the molecule is C[C@@H]1O[C@H](COS(=O)(=O)c2ccccc2)[C@@H](OS(=O)(=O)c2ccccc2)[C@@]1(C)F. The van der Waals surface area contributed by atoms with Crippen molar-refractivity contribution in [2.75, 3.05) is 6.61 Å². The van der Waals surface area contributed by atoms with E-state index in [0.29, 0.717) is 0 Å².